The van der Waals surface area contributed by atoms with E-state index in [2.05, 4.69) is 10.6 Å². The van der Waals surface area contributed by atoms with E-state index < -0.39 is 5.91 Å². The Morgan fingerprint density at radius 2 is 1.68 bits per heavy atom. The van der Waals surface area contributed by atoms with Gasteiger partial charge in [-0.25, -0.2) is 0 Å². The average molecular weight is 481 g/mol. The third-order valence-corrected chi connectivity index (χ3v) is 5.89. The number of para-hydroxylation sites is 1. The van der Waals surface area contributed by atoms with Crippen molar-refractivity contribution < 1.29 is 23.8 Å². The van der Waals surface area contributed by atoms with Gasteiger partial charge >= 0.3 is 0 Å². The summed E-state index contributed by atoms with van der Waals surface area (Å²) in [5.41, 5.74) is 1.59. The fraction of sp³-hybridized carbons (Fsp3) is 0.231. The van der Waals surface area contributed by atoms with Gasteiger partial charge in [0.15, 0.2) is 11.5 Å². The molecule has 0 aliphatic carbocycles. The second-order valence-corrected chi connectivity index (χ2v) is 8.25. The third kappa shape index (κ3) is 6.62. The first kappa shape index (κ1) is 24.9. The van der Waals surface area contributed by atoms with E-state index in [4.69, 9.17) is 14.2 Å². The van der Waals surface area contributed by atoms with Crippen LogP contribution in [0.3, 0.4) is 0 Å². The lowest BCUT2D eigenvalue weighted by Gasteiger charge is -2.13. The maximum Gasteiger partial charge on any atom is 0.267 e. The Morgan fingerprint density at radius 1 is 0.912 bits per heavy atom. The molecule has 2 N–H and O–H groups in total. The molecule has 0 aliphatic heterocycles. The van der Waals surface area contributed by atoms with Crippen molar-refractivity contribution in [3.8, 4) is 17.2 Å². The van der Waals surface area contributed by atoms with Gasteiger partial charge in [-0.15, -0.1) is 11.3 Å². The van der Waals surface area contributed by atoms with Crippen LogP contribution in [0.1, 0.15) is 27.2 Å². The predicted molar refractivity (Wildman–Crippen MR) is 134 cm³/mol. The van der Waals surface area contributed by atoms with Crippen LogP contribution in [-0.2, 0) is 11.2 Å². The number of hydrogen-bond donors (Lipinski definition) is 2. The van der Waals surface area contributed by atoms with Crippen molar-refractivity contribution in [1.82, 2.24) is 10.6 Å². The number of thiophene rings is 1. The second-order valence-electron chi connectivity index (χ2n) is 7.27. The SMILES string of the molecule is COc1ccccc1CCCNC(=O)/C(=C/c1cccs1)NC(=O)c1ccc(OC)c(OC)c1. The molecule has 0 atom stereocenters. The van der Waals surface area contributed by atoms with E-state index in [9.17, 15) is 9.59 Å². The van der Waals surface area contributed by atoms with Crippen molar-refractivity contribution in [2.45, 2.75) is 12.8 Å². The largest absolute Gasteiger partial charge is 0.496 e. The van der Waals surface area contributed by atoms with Crippen molar-refractivity contribution >= 4 is 29.2 Å². The molecule has 0 bridgehead atoms. The Hall–Kier alpha value is -3.78. The van der Waals surface area contributed by atoms with Gasteiger partial charge in [-0.1, -0.05) is 24.3 Å². The van der Waals surface area contributed by atoms with Crippen LogP contribution in [0.2, 0.25) is 0 Å². The Balaban J connectivity index is 1.67. The minimum Gasteiger partial charge on any atom is -0.496 e. The molecule has 178 valence electrons. The van der Waals surface area contributed by atoms with Gasteiger partial charge in [0.1, 0.15) is 11.4 Å². The van der Waals surface area contributed by atoms with Gasteiger partial charge < -0.3 is 24.8 Å². The third-order valence-electron chi connectivity index (χ3n) is 5.07. The zero-order chi connectivity index (χ0) is 24.3. The maximum absolute atomic E-state index is 12.9. The second kappa shape index (κ2) is 12.5. The maximum atomic E-state index is 12.9. The summed E-state index contributed by atoms with van der Waals surface area (Å²) in [5.74, 6) is 0.991. The number of nitrogens with one attached hydrogen (secondary N) is 2. The van der Waals surface area contributed by atoms with Crippen LogP contribution in [-0.4, -0.2) is 39.7 Å². The lowest BCUT2D eigenvalue weighted by molar-refractivity contribution is -0.117. The number of methoxy groups -OCH3 is 3. The topological polar surface area (TPSA) is 85.9 Å². The minimum atomic E-state index is -0.423. The molecule has 0 spiro atoms. The molecule has 0 unspecified atom stereocenters. The van der Waals surface area contributed by atoms with E-state index in [1.54, 1.807) is 31.4 Å². The van der Waals surface area contributed by atoms with Crippen molar-refractivity contribution in [2.24, 2.45) is 0 Å². The molecular formula is C26H28N2O5S. The molecule has 0 saturated carbocycles. The first-order valence-corrected chi connectivity index (χ1v) is 11.6. The molecule has 0 saturated heterocycles. The van der Waals surface area contributed by atoms with Gasteiger partial charge in [0.05, 0.1) is 21.3 Å². The van der Waals surface area contributed by atoms with Crippen LogP contribution < -0.4 is 24.8 Å². The van der Waals surface area contributed by atoms with Crippen molar-refractivity contribution in [3.63, 3.8) is 0 Å². The number of aryl methyl sites for hydroxylation is 1. The molecule has 2 aromatic carbocycles. The highest BCUT2D eigenvalue weighted by atomic mass is 32.1. The monoisotopic (exact) mass is 480 g/mol. The van der Waals surface area contributed by atoms with Gasteiger partial charge in [-0.05, 0) is 60.2 Å². The fourth-order valence-electron chi connectivity index (χ4n) is 3.33. The first-order valence-electron chi connectivity index (χ1n) is 10.7. The standard InChI is InChI=1S/C26H28N2O5S/c1-31-22-11-5-4-8-18(22)9-6-14-27-26(30)21(17-20-10-7-15-34-20)28-25(29)19-12-13-23(32-2)24(16-19)33-3/h4-5,7-8,10-13,15-17H,6,9,14H2,1-3H3,(H,27,30)(H,28,29)/b21-17-. The van der Waals surface area contributed by atoms with Crippen LogP contribution >= 0.6 is 11.3 Å². The zero-order valence-electron chi connectivity index (χ0n) is 19.4. The summed E-state index contributed by atoms with van der Waals surface area (Å²) in [6.45, 7) is 0.449. The van der Waals surface area contributed by atoms with E-state index in [1.807, 2.05) is 41.8 Å². The van der Waals surface area contributed by atoms with E-state index in [1.165, 1.54) is 25.6 Å². The molecule has 7 nitrogen and oxygen atoms in total. The minimum absolute atomic E-state index is 0.166. The van der Waals surface area contributed by atoms with E-state index >= 15 is 0 Å². The Bertz CT molecular complexity index is 1140. The van der Waals surface area contributed by atoms with Crippen LogP contribution in [0, 0.1) is 0 Å². The summed E-state index contributed by atoms with van der Waals surface area (Å²) in [7, 11) is 4.67. The van der Waals surface area contributed by atoms with Crippen LogP contribution in [0.25, 0.3) is 6.08 Å². The fourth-order valence-corrected chi connectivity index (χ4v) is 3.99. The summed E-state index contributed by atoms with van der Waals surface area (Å²) in [6.07, 6.45) is 3.15. The number of hydrogen-bond acceptors (Lipinski definition) is 6. The summed E-state index contributed by atoms with van der Waals surface area (Å²) in [5, 5.41) is 7.54. The zero-order valence-corrected chi connectivity index (χ0v) is 20.2. The molecule has 3 rings (SSSR count). The highest BCUT2D eigenvalue weighted by Crippen LogP contribution is 2.27. The first-order chi connectivity index (χ1) is 16.5. The van der Waals surface area contributed by atoms with E-state index in [0.29, 0.717) is 23.6 Å². The van der Waals surface area contributed by atoms with E-state index in [0.717, 1.165) is 29.0 Å². The Labute approximate surface area is 203 Å². The van der Waals surface area contributed by atoms with Gasteiger partial charge in [0, 0.05) is 17.0 Å². The molecule has 1 heterocycles. The van der Waals surface area contributed by atoms with Gasteiger partial charge in [0.2, 0.25) is 0 Å². The number of benzene rings is 2. The summed E-state index contributed by atoms with van der Waals surface area (Å²) >= 11 is 1.47. The highest BCUT2D eigenvalue weighted by Gasteiger charge is 2.16. The van der Waals surface area contributed by atoms with Crippen molar-refractivity contribution in [2.75, 3.05) is 27.9 Å². The molecule has 8 heteroatoms. The molecule has 2 amide bonds. The van der Waals surface area contributed by atoms with Gasteiger partial charge in [0.25, 0.3) is 11.8 Å². The van der Waals surface area contributed by atoms with Crippen LogP contribution in [0.5, 0.6) is 17.2 Å². The number of carbonyl (C=O) groups excluding carboxylic acids is 2. The highest BCUT2D eigenvalue weighted by molar-refractivity contribution is 7.10. The van der Waals surface area contributed by atoms with Gasteiger partial charge in [-0.3, -0.25) is 9.59 Å². The van der Waals surface area contributed by atoms with E-state index in [-0.39, 0.29) is 11.6 Å². The molecule has 1 aromatic heterocycles. The summed E-state index contributed by atoms with van der Waals surface area (Å²) in [6, 6.07) is 16.4. The number of rotatable bonds is 11. The van der Waals surface area contributed by atoms with Crippen LogP contribution in [0.4, 0.5) is 0 Å². The lowest BCUT2D eigenvalue weighted by Crippen LogP contribution is -2.35. The van der Waals surface area contributed by atoms with Crippen molar-refractivity contribution in [3.05, 3.63) is 81.7 Å². The molecule has 34 heavy (non-hydrogen) atoms. The predicted octanol–water partition coefficient (Wildman–Crippen LogP) is 4.29. The summed E-state index contributed by atoms with van der Waals surface area (Å²) < 4.78 is 15.9. The number of ether oxygens (including phenoxy) is 3. The quantitative estimate of drug-likeness (QED) is 0.316. The Morgan fingerprint density at radius 3 is 2.38 bits per heavy atom. The molecular weight excluding hydrogens is 452 g/mol. The average Bonchev–Trinajstić information content (AvgIpc) is 3.39. The van der Waals surface area contributed by atoms with Crippen molar-refractivity contribution in [1.29, 1.82) is 0 Å². The number of amides is 2. The Kier molecular flexibility index (Phi) is 9.11. The normalized spacial score (nSPS) is 11.0. The lowest BCUT2D eigenvalue weighted by atomic mass is 10.1. The number of carbonyl (C=O) groups is 2. The summed E-state index contributed by atoms with van der Waals surface area (Å²) in [4.78, 5) is 26.7. The van der Waals surface area contributed by atoms with Crippen LogP contribution in [0.15, 0.2) is 65.7 Å². The van der Waals surface area contributed by atoms with Gasteiger partial charge in [-0.2, -0.15) is 0 Å². The molecule has 3 aromatic rings. The smallest absolute Gasteiger partial charge is 0.267 e. The molecule has 0 aliphatic rings. The molecule has 0 radical (unpaired) electrons. The molecule has 0 fully saturated rings.